The van der Waals surface area contributed by atoms with E-state index < -0.39 is 0 Å². The Balaban J connectivity index is 4.59. The van der Waals surface area contributed by atoms with Crippen molar-refractivity contribution < 1.29 is 0 Å². The van der Waals surface area contributed by atoms with Gasteiger partial charge >= 0.3 is 0 Å². The van der Waals surface area contributed by atoms with E-state index in [4.69, 9.17) is 0 Å². The Morgan fingerprint density at radius 1 is 0.444 bits per heavy atom. The molecule has 27 heavy (non-hydrogen) atoms. The fraction of sp³-hybridized carbons (Fsp3) is 1.00. The van der Waals surface area contributed by atoms with Gasteiger partial charge in [0.05, 0.1) is 0 Å². The fourth-order valence-electron chi connectivity index (χ4n) is 4.69. The summed E-state index contributed by atoms with van der Waals surface area (Å²) in [4.78, 5) is 7.93. The lowest BCUT2D eigenvalue weighted by Crippen LogP contribution is -2.53. The Morgan fingerprint density at radius 2 is 0.704 bits per heavy atom. The third-order valence-corrected chi connectivity index (χ3v) is 5.40. The van der Waals surface area contributed by atoms with Crippen LogP contribution in [0.3, 0.4) is 0 Å². The first kappa shape index (κ1) is 26.9. The molecule has 0 aromatic rings. The quantitative estimate of drug-likeness (QED) is 0.492. The Hall–Kier alpha value is -0.120. The van der Waals surface area contributed by atoms with Crippen molar-refractivity contribution in [1.29, 1.82) is 0 Å². The lowest BCUT2D eigenvalue weighted by Gasteiger charge is -2.46. The van der Waals surface area contributed by atoms with E-state index in [-0.39, 0.29) is 22.2 Å². The molecule has 0 atom stereocenters. The highest BCUT2D eigenvalue weighted by Crippen LogP contribution is 2.26. The summed E-state index contributed by atoms with van der Waals surface area (Å²) in [7, 11) is 0. The summed E-state index contributed by atoms with van der Waals surface area (Å²) < 4.78 is 0. The maximum atomic E-state index is 2.65. The summed E-state index contributed by atoms with van der Waals surface area (Å²) in [6, 6.07) is 0. The van der Waals surface area contributed by atoms with E-state index in [1.165, 1.54) is 39.0 Å². The average Bonchev–Trinajstić information content (AvgIpc) is 2.39. The van der Waals surface area contributed by atoms with Crippen molar-refractivity contribution in [1.82, 2.24) is 14.7 Å². The summed E-state index contributed by atoms with van der Waals surface area (Å²) >= 11 is 0. The molecule has 0 amide bonds. The van der Waals surface area contributed by atoms with Gasteiger partial charge in [-0.15, -0.1) is 0 Å². The van der Waals surface area contributed by atoms with E-state index >= 15 is 0 Å². The minimum Gasteiger partial charge on any atom is -0.304 e. The monoisotopic (exact) mass is 383 g/mol. The van der Waals surface area contributed by atoms with Crippen molar-refractivity contribution in [3.05, 3.63) is 0 Å². The van der Waals surface area contributed by atoms with Gasteiger partial charge in [0.2, 0.25) is 0 Å². The molecule has 3 nitrogen and oxygen atoms in total. The van der Waals surface area contributed by atoms with Crippen LogP contribution in [0.1, 0.15) is 103 Å². The SMILES string of the molecule is CCN(CCCN(C(C)(C)C)C(C)(C)C)CCCN(C(C)(C)C)C(C)(C)C. The Bertz CT molecular complexity index is 335. The highest BCUT2D eigenvalue weighted by Gasteiger charge is 2.32. The summed E-state index contributed by atoms with van der Waals surface area (Å²) in [5.74, 6) is 0. The first-order valence-electron chi connectivity index (χ1n) is 11.2. The second-order valence-electron chi connectivity index (χ2n) is 12.1. The molecule has 0 rings (SSSR count). The molecule has 0 aliphatic rings. The zero-order valence-corrected chi connectivity index (χ0v) is 21.3. The van der Waals surface area contributed by atoms with Crippen LogP contribution in [0.2, 0.25) is 0 Å². The molecule has 0 aliphatic carbocycles. The molecule has 0 unspecified atom stereocenters. The number of hydrogen-bond donors (Lipinski definition) is 0. The molecule has 0 aromatic carbocycles. The largest absolute Gasteiger partial charge is 0.304 e. The van der Waals surface area contributed by atoms with Crippen molar-refractivity contribution in [2.24, 2.45) is 0 Å². The second-order valence-corrected chi connectivity index (χ2v) is 12.1. The average molecular weight is 384 g/mol. The van der Waals surface area contributed by atoms with Crippen LogP contribution in [0.4, 0.5) is 0 Å². The second kappa shape index (κ2) is 10.1. The van der Waals surface area contributed by atoms with E-state index in [1.54, 1.807) is 0 Å². The van der Waals surface area contributed by atoms with Crippen molar-refractivity contribution in [3.8, 4) is 0 Å². The smallest absolute Gasteiger partial charge is 0.0130 e. The molecule has 0 heterocycles. The molecule has 0 aliphatic heterocycles. The summed E-state index contributed by atoms with van der Waals surface area (Å²) in [5.41, 5.74) is 0.870. The summed E-state index contributed by atoms with van der Waals surface area (Å²) in [5, 5.41) is 0. The van der Waals surface area contributed by atoms with Crippen LogP contribution in [-0.4, -0.2) is 69.6 Å². The highest BCUT2D eigenvalue weighted by molar-refractivity contribution is 4.88. The Labute approximate surface area is 172 Å². The normalized spacial score (nSPS) is 14.7. The molecule has 0 bridgehead atoms. The predicted octanol–water partition coefficient (Wildman–Crippen LogP) is 5.89. The molecule has 0 spiro atoms. The lowest BCUT2D eigenvalue weighted by molar-refractivity contribution is 0.0303. The lowest BCUT2D eigenvalue weighted by atomic mass is 9.95. The van der Waals surface area contributed by atoms with Crippen LogP contribution in [0.25, 0.3) is 0 Å². The van der Waals surface area contributed by atoms with Gasteiger partial charge in [-0.1, -0.05) is 6.92 Å². The molecule has 164 valence electrons. The van der Waals surface area contributed by atoms with Crippen molar-refractivity contribution in [2.75, 3.05) is 32.7 Å². The van der Waals surface area contributed by atoms with Gasteiger partial charge in [-0.05, 0) is 116 Å². The van der Waals surface area contributed by atoms with Gasteiger partial charge in [-0.25, -0.2) is 0 Å². The van der Waals surface area contributed by atoms with Gasteiger partial charge in [0, 0.05) is 35.2 Å². The first-order chi connectivity index (χ1) is 11.9. The molecule has 0 aromatic heterocycles. The summed E-state index contributed by atoms with van der Waals surface area (Å²) in [6.45, 7) is 36.2. The molecule has 0 saturated carbocycles. The Morgan fingerprint density at radius 3 is 0.889 bits per heavy atom. The van der Waals surface area contributed by atoms with Crippen LogP contribution in [-0.2, 0) is 0 Å². The van der Waals surface area contributed by atoms with Gasteiger partial charge in [0.15, 0.2) is 0 Å². The van der Waals surface area contributed by atoms with E-state index in [9.17, 15) is 0 Å². The fourth-order valence-corrected chi connectivity index (χ4v) is 4.69. The molecular formula is C24H53N3. The van der Waals surface area contributed by atoms with E-state index in [1.807, 2.05) is 0 Å². The maximum absolute atomic E-state index is 2.65. The van der Waals surface area contributed by atoms with E-state index in [2.05, 4.69) is 105 Å². The zero-order chi connectivity index (χ0) is 21.7. The molecular weight excluding hydrogens is 330 g/mol. The molecule has 0 fully saturated rings. The minimum absolute atomic E-state index is 0.217. The number of nitrogens with zero attached hydrogens (tertiary/aromatic N) is 3. The van der Waals surface area contributed by atoms with Crippen LogP contribution in [0.5, 0.6) is 0 Å². The Kier molecular flexibility index (Phi) is 10.0. The van der Waals surface area contributed by atoms with Gasteiger partial charge in [-0.2, -0.15) is 0 Å². The third-order valence-electron chi connectivity index (χ3n) is 5.40. The van der Waals surface area contributed by atoms with Crippen molar-refractivity contribution in [3.63, 3.8) is 0 Å². The van der Waals surface area contributed by atoms with E-state index in [0.717, 1.165) is 6.54 Å². The number of hydrogen-bond acceptors (Lipinski definition) is 3. The molecule has 0 N–H and O–H groups in total. The maximum Gasteiger partial charge on any atom is 0.0130 e. The molecule has 0 saturated heterocycles. The standard InChI is InChI=1S/C24H53N3/c1-14-25(17-15-19-26(21(2,3)4)22(5,6)7)18-16-20-27(23(8,9)10)24(11,12)13/h14-20H2,1-13H3. The van der Waals surface area contributed by atoms with Crippen LogP contribution < -0.4 is 0 Å². The van der Waals surface area contributed by atoms with Gasteiger partial charge in [0.25, 0.3) is 0 Å². The van der Waals surface area contributed by atoms with Crippen molar-refractivity contribution in [2.45, 2.75) is 125 Å². The van der Waals surface area contributed by atoms with Gasteiger partial charge in [-0.3, -0.25) is 9.80 Å². The van der Waals surface area contributed by atoms with Gasteiger partial charge in [0.1, 0.15) is 0 Å². The third kappa shape index (κ3) is 10.3. The topological polar surface area (TPSA) is 9.72 Å². The van der Waals surface area contributed by atoms with Crippen LogP contribution in [0.15, 0.2) is 0 Å². The van der Waals surface area contributed by atoms with Crippen LogP contribution >= 0.6 is 0 Å². The summed E-state index contributed by atoms with van der Waals surface area (Å²) in [6.07, 6.45) is 2.48. The highest BCUT2D eigenvalue weighted by atomic mass is 15.3. The minimum atomic E-state index is 0.217. The van der Waals surface area contributed by atoms with Crippen molar-refractivity contribution >= 4 is 0 Å². The molecule has 0 radical (unpaired) electrons. The van der Waals surface area contributed by atoms with Crippen LogP contribution in [0, 0.1) is 0 Å². The predicted molar refractivity (Wildman–Crippen MR) is 124 cm³/mol. The zero-order valence-electron chi connectivity index (χ0n) is 21.3. The number of rotatable bonds is 9. The van der Waals surface area contributed by atoms with E-state index in [0.29, 0.717) is 0 Å². The first-order valence-corrected chi connectivity index (χ1v) is 11.2. The van der Waals surface area contributed by atoms with Gasteiger partial charge < -0.3 is 4.90 Å². The molecule has 3 heteroatoms.